The average molecular weight is 316 g/mol. The van der Waals surface area contributed by atoms with Crippen LogP contribution in [0.2, 0.25) is 0 Å². The highest BCUT2D eigenvalue weighted by Crippen LogP contribution is 2.21. The van der Waals surface area contributed by atoms with Gasteiger partial charge in [-0.2, -0.15) is 5.10 Å². The molecule has 1 fully saturated rings. The van der Waals surface area contributed by atoms with Gasteiger partial charge in [-0.05, 0) is 24.5 Å². The number of furan rings is 1. The first-order valence-corrected chi connectivity index (χ1v) is 7.65. The van der Waals surface area contributed by atoms with E-state index in [1.54, 1.807) is 29.9 Å². The van der Waals surface area contributed by atoms with Gasteiger partial charge in [0.2, 0.25) is 5.91 Å². The minimum absolute atomic E-state index is 0.0889. The fraction of sp³-hybridized carbons (Fsp3) is 0.438. The highest BCUT2D eigenvalue weighted by molar-refractivity contribution is 5.92. The number of aryl methyl sites for hydroxylation is 1. The van der Waals surface area contributed by atoms with Gasteiger partial charge in [0.25, 0.3) is 5.91 Å². The first-order chi connectivity index (χ1) is 11.0. The van der Waals surface area contributed by atoms with E-state index in [2.05, 4.69) is 10.4 Å². The second kappa shape index (κ2) is 6.28. The van der Waals surface area contributed by atoms with Crippen LogP contribution < -0.4 is 5.32 Å². The van der Waals surface area contributed by atoms with Crippen LogP contribution in [-0.2, 0) is 11.8 Å². The van der Waals surface area contributed by atoms with E-state index in [-0.39, 0.29) is 17.6 Å². The number of nitrogens with zero attached hydrogens (tertiary/aromatic N) is 3. The third kappa shape index (κ3) is 3.44. The Balaban J connectivity index is 1.55. The van der Waals surface area contributed by atoms with Crippen LogP contribution in [0.5, 0.6) is 0 Å². The van der Waals surface area contributed by atoms with Crippen LogP contribution in [0.3, 0.4) is 0 Å². The molecule has 0 radical (unpaired) electrons. The molecule has 1 saturated heterocycles. The van der Waals surface area contributed by atoms with E-state index in [4.69, 9.17) is 4.42 Å². The summed E-state index contributed by atoms with van der Waals surface area (Å²) < 4.78 is 7.27. The molecule has 0 aromatic carbocycles. The molecule has 0 spiro atoms. The molecular weight excluding hydrogens is 296 g/mol. The van der Waals surface area contributed by atoms with Crippen molar-refractivity contribution in [3.05, 3.63) is 30.3 Å². The zero-order chi connectivity index (χ0) is 16.4. The van der Waals surface area contributed by atoms with Gasteiger partial charge in [0.15, 0.2) is 5.76 Å². The predicted molar refractivity (Wildman–Crippen MR) is 83.6 cm³/mol. The van der Waals surface area contributed by atoms with E-state index < -0.39 is 0 Å². The Morgan fingerprint density at radius 2 is 2.26 bits per heavy atom. The summed E-state index contributed by atoms with van der Waals surface area (Å²) in [6, 6.07) is 3.42. The van der Waals surface area contributed by atoms with Crippen LogP contribution in [0, 0.1) is 5.92 Å². The lowest BCUT2D eigenvalue weighted by atomic mass is 10.1. The zero-order valence-corrected chi connectivity index (χ0v) is 13.3. The lowest BCUT2D eigenvalue weighted by molar-refractivity contribution is -0.127. The predicted octanol–water partition coefficient (Wildman–Crippen LogP) is 1.28. The largest absolute Gasteiger partial charge is 0.451 e. The maximum absolute atomic E-state index is 12.2. The summed E-state index contributed by atoms with van der Waals surface area (Å²) in [5, 5.41) is 6.96. The number of rotatable bonds is 4. The molecule has 7 nitrogen and oxygen atoms in total. The van der Waals surface area contributed by atoms with Crippen LogP contribution in [0.15, 0.2) is 28.9 Å². The highest BCUT2D eigenvalue weighted by Gasteiger charge is 2.24. The molecule has 1 aliphatic heterocycles. The van der Waals surface area contributed by atoms with Crippen molar-refractivity contribution in [2.24, 2.45) is 13.0 Å². The zero-order valence-electron chi connectivity index (χ0n) is 13.3. The molecule has 2 aromatic rings. The van der Waals surface area contributed by atoms with Crippen molar-refractivity contribution in [1.82, 2.24) is 20.0 Å². The Morgan fingerprint density at radius 3 is 2.91 bits per heavy atom. The SMILES string of the molecule is CC(=O)N1CCC(CNC(=O)c2ccc(-c3cnn(C)c3)o2)C1. The Hall–Kier alpha value is -2.57. The molecule has 3 rings (SSSR count). The van der Waals surface area contributed by atoms with Gasteiger partial charge >= 0.3 is 0 Å². The Kier molecular flexibility index (Phi) is 4.18. The third-order valence-corrected chi connectivity index (χ3v) is 4.10. The molecule has 0 bridgehead atoms. The van der Waals surface area contributed by atoms with Crippen molar-refractivity contribution in [1.29, 1.82) is 0 Å². The second-order valence-corrected chi connectivity index (χ2v) is 5.90. The summed E-state index contributed by atoms with van der Waals surface area (Å²) in [4.78, 5) is 25.3. The molecule has 23 heavy (non-hydrogen) atoms. The lowest BCUT2D eigenvalue weighted by Gasteiger charge is -2.14. The van der Waals surface area contributed by atoms with Gasteiger partial charge in [0.1, 0.15) is 5.76 Å². The standard InChI is InChI=1S/C16H20N4O3/c1-11(21)20-6-5-12(9-20)7-17-16(22)15-4-3-14(23-15)13-8-18-19(2)10-13/h3-4,8,10,12H,5-7,9H2,1-2H3,(H,17,22). The molecule has 3 heterocycles. The Bertz CT molecular complexity index is 718. The molecule has 2 aromatic heterocycles. The van der Waals surface area contributed by atoms with Gasteiger partial charge < -0.3 is 14.6 Å². The fourth-order valence-electron chi connectivity index (χ4n) is 2.77. The van der Waals surface area contributed by atoms with Crippen molar-refractivity contribution in [2.75, 3.05) is 19.6 Å². The molecular formula is C16H20N4O3. The van der Waals surface area contributed by atoms with E-state index in [9.17, 15) is 9.59 Å². The third-order valence-electron chi connectivity index (χ3n) is 4.10. The highest BCUT2D eigenvalue weighted by atomic mass is 16.3. The van der Waals surface area contributed by atoms with E-state index in [1.807, 2.05) is 18.1 Å². The Morgan fingerprint density at radius 1 is 1.43 bits per heavy atom. The molecule has 1 unspecified atom stereocenters. The van der Waals surface area contributed by atoms with Gasteiger partial charge in [-0.3, -0.25) is 14.3 Å². The topological polar surface area (TPSA) is 80.4 Å². The Labute approximate surface area is 134 Å². The van der Waals surface area contributed by atoms with Gasteiger partial charge in [-0.15, -0.1) is 0 Å². The smallest absolute Gasteiger partial charge is 0.287 e. The molecule has 1 aliphatic rings. The van der Waals surface area contributed by atoms with Crippen molar-refractivity contribution in [2.45, 2.75) is 13.3 Å². The lowest BCUT2D eigenvalue weighted by Crippen LogP contribution is -2.32. The van der Waals surface area contributed by atoms with Crippen molar-refractivity contribution in [3.63, 3.8) is 0 Å². The molecule has 7 heteroatoms. The molecule has 0 saturated carbocycles. The first-order valence-electron chi connectivity index (χ1n) is 7.65. The normalized spacial score (nSPS) is 17.5. The monoisotopic (exact) mass is 316 g/mol. The summed E-state index contributed by atoms with van der Waals surface area (Å²) in [6.07, 6.45) is 4.43. The molecule has 2 amide bonds. The number of nitrogens with one attached hydrogen (secondary N) is 1. The number of hydrogen-bond donors (Lipinski definition) is 1. The molecule has 1 atom stereocenters. The van der Waals surface area contributed by atoms with E-state index in [0.717, 1.165) is 18.5 Å². The summed E-state index contributed by atoms with van der Waals surface area (Å²) in [5.74, 6) is 1.06. The minimum atomic E-state index is -0.235. The quantitative estimate of drug-likeness (QED) is 0.921. The minimum Gasteiger partial charge on any atom is -0.451 e. The van der Waals surface area contributed by atoms with Crippen molar-refractivity contribution in [3.8, 4) is 11.3 Å². The number of carbonyl (C=O) groups is 2. The van der Waals surface area contributed by atoms with Crippen LogP contribution in [0.4, 0.5) is 0 Å². The molecule has 122 valence electrons. The molecule has 1 N–H and O–H groups in total. The summed E-state index contributed by atoms with van der Waals surface area (Å²) in [7, 11) is 1.83. The van der Waals surface area contributed by atoms with Gasteiger partial charge in [-0.25, -0.2) is 0 Å². The van der Waals surface area contributed by atoms with E-state index in [0.29, 0.717) is 24.8 Å². The summed E-state index contributed by atoms with van der Waals surface area (Å²) in [5.41, 5.74) is 0.833. The van der Waals surface area contributed by atoms with Crippen molar-refractivity contribution >= 4 is 11.8 Å². The maximum atomic E-state index is 12.2. The second-order valence-electron chi connectivity index (χ2n) is 5.90. The van der Waals surface area contributed by atoms with E-state index >= 15 is 0 Å². The summed E-state index contributed by atoms with van der Waals surface area (Å²) in [6.45, 7) is 3.59. The molecule has 0 aliphatic carbocycles. The number of hydrogen-bond acceptors (Lipinski definition) is 4. The van der Waals surface area contributed by atoms with E-state index in [1.165, 1.54) is 0 Å². The number of likely N-dealkylation sites (tertiary alicyclic amines) is 1. The van der Waals surface area contributed by atoms with Gasteiger partial charge in [0.05, 0.1) is 11.8 Å². The number of aromatic nitrogens is 2. The van der Waals surface area contributed by atoms with Crippen LogP contribution in [0.1, 0.15) is 23.9 Å². The van der Waals surface area contributed by atoms with Crippen LogP contribution >= 0.6 is 0 Å². The average Bonchev–Trinajstić information content (AvgIpc) is 3.24. The maximum Gasteiger partial charge on any atom is 0.287 e. The van der Waals surface area contributed by atoms with Gasteiger partial charge in [0, 0.05) is 39.8 Å². The van der Waals surface area contributed by atoms with Crippen LogP contribution in [0.25, 0.3) is 11.3 Å². The van der Waals surface area contributed by atoms with Crippen molar-refractivity contribution < 1.29 is 14.0 Å². The number of carbonyl (C=O) groups excluding carboxylic acids is 2. The summed E-state index contributed by atoms with van der Waals surface area (Å²) >= 11 is 0. The first kappa shape index (κ1) is 15.3. The van der Waals surface area contributed by atoms with Crippen LogP contribution in [-0.4, -0.2) is 46.1 Å². The number of amides is 2. The fourth-order valence-corrected chi connectivity index (χ4v) is 2.77. The van der Waals surface area contributed by atoms with Gasteiger partial charge in [-0.1, -0.05) is 0 Å².